The molecule has 0 aliphatic carbocycles. The van der Waals surface area contributed by atoms with Crippen molar-refractivity contribution in [3.63, 3.8) is 0 Å². The lowest BCUT2D eigenvalue weighted by atomic mass is 10.1. The van der Waals surface area contributed by atoms with Crippen LogP contribution in [0.3, 0.4) is 0 Å². The number of esters is 2. The van der Waals surface area contributed by atoms with Gasteiger partial charge in [0.1, 0.15) is 16.3 Å². The normalized spacial score (nSPS) is 10.4. The van der Waals surface area contributed by atoms with Crippen molar-refractivity contribution in [1.29, 1.82) is 0 Å². The van der Waals surface area contributed by atoms with E-state index in [1.165, 1.54) is 24.9 Å². The van der Waals surface area contributed by atoms with E-state index in [-0.39, 0.29) is 16.3 Å². The van der Waals surface area contributed by atoms with Crippen molar-refractivity contribution < 1.29 is 19.1 Å². The van der Waals surface area contributed by atoms with Crippen LogP contribution in [0.25, 0.3) is 5.52 Å². The summed E-state index contributed by atoms with van der Waals surface area (Å²) in [5.41, 5.74) is 0.377. The molecule has 0 radical (unpaired) electrons. The molecule has 0 aromatic carbocycles. The molecule has 2 aromatic rings. The van der Waals surface area contributed by atoms with Crippen LogP contribution in [0.5, 0.6) is 0 Å². The molecule has 0 fully saturated rings. The monoisotopic (exact) mass is 268 g/mol. The molecule has 0 saturated heterocycles. The number of rotatable bonds is 2. The van der Waals surface area contributed by atoms with E-state index >= 15 is 0 Å². The van der Waals surface area contributed by atoms with Crippen molar-refractivity contribution in [3.05, 3.63) is 34.6 Å². The summed E-state index contributed by atoms with van der Waals surface area (Å²) in [6.45, 7) is 0. The summed E-state index contributed by atoms with van der Waals surface area (Å²) >= 11 is 6.03. The highest BCUT2D eigenvalue weighted by Crippen LogP contribution is 2.28. The molecule has 2 aromatic heterocycles. The third kappa shape index (κ3) is 1.70. The van der Waals surface area contributed by atoms with Crippen LogP contribution < -0.4 is 0 Å². The molecular weight excluding hydrogens is 260 g/mol. The fourth-order valence-corrected chi connectivity index (χ4v) is 1.96. The minimum Gasteiger partial charge on any atom is -0.465 e. The maximum Gasteiger partial charge on any atom is 0.341 e. The van der Waals surface area contributed by atoms with Gasteiger partial charge in [0, 0.05) is 6.20 Å². The van der Waals surface area contributed by atoms with Crippen LogP contribution in [0.1, 0.15) is 20.7 Å². The predicted octanol–water partition coefficient (Wildman–Crippen LogP) is 1.56. The van der Waals surface area contributed by atoms with E-state index < -0.39 is 11.9 Å². The number of halogens is 1. The van der Waals surface area contributed by atoms with Gasteiger partial charge in [0.25, 0.3) is 0 Å². The number of carbonyl (C=O) groups excluding carboxylic acids is 2. The molecule has 7 heteroatoms. The van der Waals surface area contributed by atoms with E-state index in [0.717, 1.165) is 0 Å². The summed E-state index contributed by atoms with van der Waals surface area (Å²) in [5.74, 6) is -1.39. The third-order valence-corrected chi connectivity index (χ3v) is 2.78. The Kier molecular flexibility index (Phi) is 3.20. The second-order valence-corrected chi connectivity index (χ2v) is 3.70. The van der Waals surface area contributed by atoms with E-state index in [1.807, 2.05) is 0 Å². The minimum absolute atomic E-state index is 0.0119. The molecule has 0 aliphatic rings. The van der Waals surface area contributed by atoms with Gasteiger partial charge in [-0.1, -0.05) is 11.6 Å². The van der Waals surface area contributed by atoms with E-state index in [9.17, 15) is 9.59 Å². The maximum absolute atomic E-state index is 11.8. The molecule has 6 nitrogen and oxygen atoms in total. The average molecular weight is 269 g/mol. The predicted molar refractivity (Wildman–Crippen MR) is 62.9 cm³/mol. The fraction of sp³-hybridized carbons (Fsp3) is 0.182. The SMILES string of the molecule is COC(=O)c1c(C(=O)OC)c2cccnn2c1Cl. The van der Waals surface area contributed by atoms with Gasteiger partial charge in [-0.15, -0.1) is 0 Å². The summed E-state index contributed by atoms with van der Waals surface area (Å²) in [4.78, 5) is 23.4. The van der Waals surface area contributed by atoms with Crippen LogP contribution in [0, 0.1) is 0 Å². The molecule has 0 atom stereocenters. The van der Waals surface area contributed by atoms with Gasteiger partial charge < -0.3 is 9.47 Å². The topological polar surface area (TPSA) is 69.9 Å². The van der Waals surface area contributed by atoms with Gasteiger partial charge >= 0.3 is 11.9 Å². The minimum atomic E-state index is -0.717. The Labute approximate surface area is 107 Å². The van der Waals surface area contributed by atoms with E-state index in [0.29, 0.717) is 5.52 Å². The summed E-state index contributed by atoms with van der Waals surface area (Å²) in [6, 6.07) is 3.23. The fourth-order valence-electron chi connectivity index (χ4n) is 1.65. The number of aromatic nitrogens is 2. The smallest absolute Gasteiger partial charge is 0.341 e. The van der Waals surface area contributed by atoms with Crippen molar-refractivity contribution in [1.82, 2.24) is 9.61 Å². The Morgan fingerprint density at radius 1 is 1.22 bits per heavy atom. The molecule has 0 saturated carbocycles. The van der Waals surface area contributed by atoms with Crippen LogP contribution in [0.4, 0.5) is 0 Å². The lowest BCUT2D eigenvalue weighted by Gasteiger charge is -2.00. The quantitative estimate of drug-likeness (QED) is 0.773. The van der Waals surface area contributed by atoms with E-state index in [1.54, 1.807) is 12.1 Å². The van der Waals surface area contributed by atoms with Crippen molar-refractivity contribution in [2.24, 2.45) is 0 Å². The summed E-state index contributed by atoms with van der Waals surface area (Å²) in [5, 5.41) is 3.98. The van der Waals surface area contributed by atoms with Gasteiger partial charge in [0.2, 0.25) is 0 Å². The zero-order valence-corrected chi connectivity index (χ0v) is 10.4. The van der Waals surface area contributed by atoms with E-state index in [4.69, 9.17) is 11.6 Å². The maximum atomic E-state index is 11.8. The molecule has 0 aliphatic heterocycles. The molecule has 2 rings (SSSR count). The van der Waals surface area contributed by atoms with Gasteiger partial charge in [-0.25, -0.2) is 14.1 Å². The summed E-state index contributed by atoms with van der Waals surface area (Å²) < 4.78 is 10.5. The molecule has 94 valence electrons. The number of methoxy groups -OCH3 is 2. The summed E-state index contributed by atoms with van der Waals surface area (Å²) in [7, 11) is 2.42. The van der Waals surface area contributed by atoms with Crippen LogP contribution in [-0.2, 0) is 9.47 Å². The number of nitrogens with zero attached hydrogens (tertiary/aromatic N) is 2. The van der Waals surface area contributed by atoms with Gasteiger partial charge in [-0.3, -0.25) is 0 Å². The molecule has 0 N–H and O–H groups in total. The lowest BCUT2D eigenvalue weighted by molar-refractivity contribution is 0.0558. The molecule has 0 unspecified atom stereocenters. The van der Waals surface area contributed by atoms with Gasteiger partial charge in [0.15, 0.2) is 0 Å². The first-order chi connectivity index (χ1) is 8.61. The van der Waals surface area contributed by atoms with Crippen LogP contribution in [-0.4, -0.2) is 35.8 Å². The van der Waals surface area contributed by atoms with E-state index in [2.05, 4.69) is 14.6 Å². The van der Waals surface area contributed by atoms with Gasteiger partial charge in [-0.05, 0) is 12.1 Å². The molecule has 0 amide bonds. The first-order valence-electron chi connectivity index (χ1n) is 4.93. The lowest BCUT2D eigenvalue weighted by Crippen LogP contribution is -2.09. The molecule has 0 spiro atoms. The summed E-state index contributed by atoms with van der Waals surface area (Å²) in [6.07, 6.45) is 1.49. The number of fused-ring (bicyclic) bond motifs is 1. The van der Waals surface area contributed by atoms with Crippen LogP contribution in [0.15, 0.2) is 18.3 Å². The largest absolute Gasteiger partial charge is 0.465 e. The van der Waals surface area contributed by atoms with Crippen molar-refractivity contribution in [3.8, 4) is 0 Å². The highest BCUT2D eigenvalue weighted by Gasteiger charge is 2.28. The van der Waals surface area contributed by atoms with Crippen molar-refractivity contribution >= 4 is 29.1 Å². The van der Waals surface area contributed by atoms with Crippen LogP contribution >= 0.6 is 11.6 Å². The van der Waals surface area contributed by atoms with Gasteiger partial charge in [-0.2, -0.15) is 5.10 Å². The second kappa shape index (κ2) is 4.66. The Hall–Kier alpha value is -2.08. The second-order valence-electron chi connectivity index (χ2n) is 3.34. The number of hydrogen-bond donors (Lipinski definition) is 0. The van der Waals surface area contributed by atoms with Crippen LogP contribution in [0.2, 0.25) is 5.15 Å². The number of ether oxygens (including phenoxy) is 2. The Balaban J connectivity index is 2.85. The highest BCUT2D eigenvalue weighted by molar-refractivity contribution is 6.34. The third-order valence-electron chi connectivity index (χ3n) is 2.43. The zero-order valence-electron chi connectivity index (χ0n) is 9.64. The molecule has 0 bridgehead atoms. The van der Waals surface area contributed by atoms with Crippen molar-refractivity contribution in [2.45, 2.75) is 0 Å². The average Bonchev–Trinajstić information content (AvgIpc) is 2.71. The Bertz CT molecular complexity index is 635. The Morgan fingerprint density at radius 2 is 1.83 bits per heavy atom. The first kappa shape index (κ1) is 12.4. The highest BCUT2D eigenvalue weighted by atomic mass is 35.5. The molecule has 2 heterocycles. The number of hydrogen-bond acceptors (Lipinski definition) is 5. The van der Waals surface area contributed by atoms with Crippen molar-refractivity contribution in [2.75, 3.05) is 14.2 Å². The molecule has 18 heavy (non-hydrogen) atoms. The first-order valence-corrected chi connectivity index (χ1v) is 5.31. The van der Waals surface area contributed by atoms with Gasteiger partial charge in [0.05, 0.1) is 19.7 Å². The number of carbonyl (C=O) groups is 2. The molecular formula is C11H9ClN2O4. The standard InChI is InChI=1S/C11H9ClN2O4/c1-17-10(15)7-6-4-3-5-13-14(6)9(12)8(7)11(16)18-2/h3-5H,1-2H3. The Morgan fingerprint density at radius 3 is 2.44 bits per heavy atom. The zero-order chi connectivity index (χ0) is 13.3.